The zero-order chi connectivity index (χ0) is 22.4. The molecule has 31 heavy (non-hydrogen) atoms. The Bertz CT molecular complexity index is 928. The van der Waals surface area contributed by atoms with Crippen molar-refractivity contribution in [1.82, 2.24) is 0 Å². The van der Waals surface area contributed by atoms with E-state index in [0.29, 0.717) is 18.6 Å². The molecule has 0 aromatic heterocycles. The van der Waals surface area contributed by atoms with Crippen molar-refractivity contribution in [2.75, 3.05) is 13.2 Å². The van der Waals surface area contributed by atoms with Crippen molar-refractivity contribution >= 4 is 0 Å². The molecule has 4 N–H and O–H groups in total. The predicted molar refractivity (Wildman–Crippen MR) is 113 cm³/mol. The summed E-state index contributed by atoms with van der Waals surface area (Å²) < 4.78 is 17.4. The second-order valence-corrected chi connectivity index (χ2v) is 8.46. The predicted octanol–water partition coefficient (Wildman–Crippen LogP) is 1.40. The number of aliphatic hydroxyl groups is 4. The lowest BCUT2D eigenvalue weighted by atomic mass is 9.80. The number of fused-ring (bicyclic) bond motifs is 2. The maximum Gasteiger partial charge on any atom is 0.225 e. The summed E-state index contributed by atoms with van der Waals surface area (Å²) in [5.74, 6) is -0.854. The van der Waals surface area contributed by atoms with Crippen molar-refractivity contribution in [2.45, 2.75) is 63.0 Å². The Morgan fingerprint density at radius 2 is 1.81 bits per heavy atom. The van der Waals surface area contributed by atoms with Gasteiger partial charge in [0.25, 0.3) is 0 Å². The summed E-state index contributed by atoms with van der Waals surface area (Å²) in [5.41, 5.74) is 2.16. The van der Waals surface area contributed by atoms with Gasteiger partial charge in [-0.2, -0.15) is 0 Å². The molecular weight excluding hydrogens is 400 g/mol. The third-order valence-corrected chi connectivity index (χ3v) is 6.48. The molecule has 0 unspecified atom stereocenters. The lowest BCUT2D eigenvalue weighted by molar-refractivity contribution is -0.336. The normalized spacial score (nSPS) is 33.3. The van der Waals surface area contributed by atoms with Gasteiger partial charge in [0.1, 0.15) is 29.7 Å². The molecule has 2 aromatic rings. The molecule has 7 heteroatoms. The van der Waals surface area contributed by atoms with Crippen molar-refractivity contribution in [1.29, 1.82) is 0 Å². The zero-order valence-electron chi connectivity index (χ0n) is 18.0. The molecule has 2 fully saturated rings. The third-order valence-electron chi connectivity index (χ3n) is 6.48. The number of hydrogen-bond acceptors (Lipinski definition) is 7. The molecule has 0 spiro atoms. The van der Waals surface area contributed by atoms with Crippen LogP contribution in [0, 0.1) is 6.92 Å². The van der Waals surface area contributed by atoms with E-state index in [0.717, 1.165) is 22.4 Å². The summed E-state index contributed by atoms with van der Waals surface area (Å²) in [7, 11) is 0. The number of aliphatic hydroxyl groups excluding tert-OH is 4. The van der Waals surface area contributed by atoms with Crippen molar-refractivity contribution in [3.8, 4) is 5.75 Å². The van der Waals surface area contributed by atoms with E-state index < -0.39 is 35.8 Å². The number of benzene rings is 2. The fourth-order valence-electron chi connectivity index (χ4n) is 4.47. The van der Waals surface area contributed by atoms with Crippen LogP contribution in [0.3, 0.4) is 0 Å². The van der Waals surface area contributed by atoms with Crippen LogP contribution in [0.5, 0.6) is 5.75 Å². The minimum absolute atomic E-state index is 0.151. The Morgan fingerprint density at radius 3 is 2.45 bits per heavy atom. The van der Waals surface area contributed by atoms with Crippen molar-refractivity contribution in [2.24, 2.45) is 0 Å². The third kappa shape index (κ3) is 3.55. The van der Waals surface area contributed by atoms with Gasteiger partial charge in [-0.25, -0.2) is 0 Å². The molecule has 0 aliphatic carbocycles. The van der Waals surface area contributed by atoms with Gasteiger partial charge in [-0.3, -0.25) is 0 Å². The Labute approximate surface area is 181 Å². The Kier molecular flexibility index (Phi) is 5.85. The molecule has 2 aromatic carbocycles. The lowest BCUT2D eigenvalue weighted by Gasteiger charge is -2.47. The SMILES string of the molecule is CCOc1ccc(Cc2cc([C@]34OC[C@]([C@@H](C)O)(O3)[C@@H](O)[C@H](O)[C@H]4O)ccc2C)cc1. The maximum atomic E-state index is 10.8. The molecule has 7 nitrogen and oxygen atoms in total. The van der Waals surface area contributed by atoms with Gasteiger partial charge in [-0.05, 0) is 62.1 Å². The van der Waals surface area contributed by atoms with E-state index in [1.165, 1.54) is 6.92 Å². The second kappa shape index (κ2) is 8.16. The molecule has 2 saturated heterocycles. The highest BCUT2D eigenvalue weighted by Crippen LogP contribution is 2.51. The van der Waals surface area contributed by atoms with E-state index in [2.05, 4.69) is 0 Å². The minimum Gasteiger partial charge on any atom is -0.494 e. The van der Waals surface area contributed by atoms with Gasteiger partial charge in [0, 0.05) is 5.56 Å². The van der Waals surface area contributed by atoms with Gasteiger partial charge >= 0.3 is 0 Å². The fraction of sp³-hybridized carbons (Fsp3) is 0.500. The molecule has 6 atom stereocenters. The highest BCUT2D eigenvalue weighted by atomic mass is 16.8. The molecule has 4 rings (SSSR count). The Morgan fingerprint density at radius 1 is 1.10 bits per heavy atom. The molecule has 0 amide bonds. The molecule has 168 valence electrons. The summed E-state index contributed by atoms with van der Waals surface area (Å²) in [4.78, 5) is 0. The molecule has 2 bridgehead atoms. The molecule has 2 aliphatic heterocycles. The van der Waals surface area contributed by atoms with Crippen molar-refractivity contribution in [3.63, 3.8) is 0 Å². The number of hydrogen-bond donors (Lipinski definition) is 4. The summed E-state index contributed by atoms with van der Waals surface area (Å²) in [6.45, 7) is 5.87. The van der Waals surface area contributed by atoms with Crippen LogP contribution in [0.2, 0.25) is 0 Å². The first-order valence-electron chi connectivity index (χ1n) is 10.6. The largest absolute Gasteiger partial charge is 0.494 e. The van der Waals surface area contributed by atoms with Crippen LogP contribution in [0.4, 0.5) is 0 Å². The molecule has 2 aliphatic rings. The van der Waals surface area contributed by atoms with Gasteiger partial charge in [0.2, 0.25) is 5.79 Å². The van der Waals surface area contributed by atoms with Crippen molar-refractivity contribution in [3.05, 3.63) is 64.7 Å². The van der Waals surface area contributed by atoms with Crippen LogP contribution >= 0.6 is 0 Å². The zero-order valence-corrected chi connectivity index (χ0v) is 18.0. The topological polar surface area (TPSA) is 109 Å². The summed E-state index contributed by atoms with van der Waals surface area (Å²) in [5, 5.41) is 42.1. The molecule has 0 radical (unpaired) electrons. The smallest absolute Gasteiger partial charge is 0.225 e. The van der Waals surface area contributed by atoms with Gasteiger partial charge in [-0.1, -0.05) is 24.3 Å². The Hall–Kier alpha value is -2.00. The van der Waals surface area contributed by atoms with E-state index in [1.807, 2.05) is 50.2 Å². The van der Waals surface area contributed by atoms with Gasteiger partial charge < -0.3 is 34.6 Å². The number of aryl methyl sites for hydroxylation is 1. The van der Waals surface area contributed by atoms with Gasteiger partial charge in [-0.15, -0.1) is 0 Å². The fourth-order valence-corrected chi connectivity index (χ4v) is 4.47. The van der Waals surface area contributed by atoms with Crippen LogP contribution in [-0.2, 0) is 21.7 Å². The van der Waals surface area contributed by atoms with E-state index in [4.69, 9.17) is 14.2 Å². The van der Waals surface area contributed by atoms with Crippen molar-refractivity contribution < 1.29 is 34.6 Å². The van der Waals surface area contributed by atoms with E-state index in [-0.39, 0.29) is 6.61 Å². The highest BCUT2D eigenvalue weighted by Gasteiger charge is 2.68. The first-order chi connectivity index (χ1) is 14.7. The summed E-state index contributed by atoms with van der Waals surface area (Å²) in [6, 6.07) is 13.4. The monoisotopic (exact) mass is 430 g/mol. The second-order valence-electron chi connectivity index (χ2n) is 8.46. The standard InChI is InChI=1S/C24H30O7/c1-4-29-19-9-6-16(7-10-19)11-17-12-18(8-5-14(17)2)24-22(28)20(26)21(27)23(31-24,13-30-24)15(3)25/h5-10,12,15,20-22,25-28H,4,11,13H2,1-3H3/t15-,20+,21+,22-,23-,24+/m1/s1. The van der Waals surface area contributed by atoms with Crippen LogP contribution < -0.4 is 4.74 Å². The van der Waals surface area contributed by atoms with Crippen LogP contribution in [-0.4, -0.2) is 63.7 Å². The minimum atomic E-state index is -1.67. The summed E-state index contributed by atoms with van der Waals surface area (Å²) >= 11 is 0. The van der Waals surface area contributed by atoms with E-state index >= 15 is 0 Å². The molecular formula is C24H30O7. The first-order valence-corrected chi connectivity index (χ1v) is 10.6. The first kappa shape index (κ1) is 22.2. The Balaban J connectivity index is 1.67. The molecule has 2 heterocycles. The van der Waals surface area contributed by atoms with Crippen LogP contribution in [0.15, 0.2) is 42.5 Å². The quantitative estimate of drug-likeness (QED) is 0.549. The number of rotatable bonds is 6. The average Bonchev–Trinajstić information content (AvgIpc) is 3.15. The molecule has 0 saturated carbocycles. The number of ether oxygens (including phenoxy) is 3. The van der Waals surface area contributed by atoms with Gasteiger partial charge in [0.15, 0.2) is 0 Å². The maximum absolute atomic E-state index is 10.8. The average molecular weight is 430 g/mol. The summed E-state index contributed by atoms with van der Waals surface area (Å²) in [6.07, 6.45) is -4.99. The van der Waals surface area contributed by atoms with Gasteiger partial charge in [0.05, 0.1) is 19.3 Å². The van der Waals surface area contributed by atoms with E-state index in [9.17, 15) is 20.4 Å². The van der Waals surface area contributed by atoms with E-state index in [1.54, 1.807) is 6.07 Å². The van der Waals surface area contributed by atoms with Crippen LogP contribution in [0.25, 0.3) is 0 Å². The highest BCUT2D eigenvalue weighted by molar-refractivity contribution is 5.40. The van der Waals surface area contributed by atoms with Crippen LogP contribution in [0.1, 0.15) is 36.1 Å². The lowest BCUT2D eigenvalue weighted by Crippen LogP contribution is -2.67.